The van der Waals surface area contributed by atoms with Crippen LogP contribution in [0.3, 0.4) is 0 Å². The summed E-state index contributed by atoms with van der Waals surface area (Å²) >= 11 is 0. The molecule has 1 saturated carbocycles. The van der Waals surface area contributed by atoms with Crippen LogP contribution in [0.15, 0.2) is 24.7 Å². The summed E-state index contributed by atoms with van der Waals surface area (Å²) in [4.78, 5) is 26.2. The highest BCUT2D eigenvalue weighted by Crippen LogP contribution is 2.42. The molecule has 1 unspecified atom stereocenters. The third kappa shape index (κ3) is 3.44. The van der Waals surface area contributed by atoms with Crippen LogP contribution in [-0.4, -0.2) is 37.1 Å². The van der Waals surface area contributed by atoms with E-state index < -0.39 is 23.6 Å². The van der Waals surface area contributed by atoms with E-state index in [0.29, 0.717) is 22.5 Å². The van der Waals surface area contributed by atoms with Crippen molar-refractivity contribution in [2.45, 2.75) is 25.8 Å². The second-order valence-electron chi connectivity index (χ2n) is 6.87. The van der Waals surface area contributed by atoms with E-state index in [1.165, 1.54) is 6.07 Å². The topological polar surface area (TPSA) is 104 Å². The molecule has 0 spiro atoms. The number of hydrogen-bond donors (Lipinski definition) is 3. The molecule has 3 N–H and O–H groups in total. The Morgan fingerprint density at radius 1 is 1.41 bits per heavy atom. The van der Waals surface area contributed by atoms with Crippen molar-refractivity contribution in [2.24, 2.45) is 11.8 Å². The van der Waals surface area contributed by atoms with Gasteiger partial charge >= 0.3 is 5.97 Å². The highest BCUT2D eigenvalue weighted by molar-refractivity contribution is 5.91. The fraction of sp³-hybridized carbons (Fsp3) is 0.333. The minimum absolute atomic E-state index is 0.0657. The van der Waals surface area contributed by atoms with E-state index in [9.17, 15) is 13.6 Å². The summed E-state index contributed by atoms with van der Waals surface area (Å²) in [7, 11) is 0. The van der Waals surface area contributed by atoms with Crippen molar-refractivity contribution in [3.8, 4) is 11.4 Å². The third-order valence-electron chi connectivity index (χ3n) is 4.89. The van der Waals surface area contributed by atoms with Gasteiger partial charge in [0.1, 0.15) is 11.5 Å². The van der Waals surface area contributed by atoms with E-state index in [1.807, 2.05) is 6.92 Å². The van der Waals surface area contributed by atoms with Gasteiger partial charge in [-0.25, -0.2) is 23.7 Å². The maximum atomic E-state index is 14.3. The summed E-state index contributed by atoms with van der Waals surface area (Å²) in [6, 6.07) is 0.879. The summed E-state index contributed by atoms with van der Waals surface area (Å²) in [5.74, 6) is -1.47. The first kappa shape index (κ1) is 17.3. The van der Waals surface area contributed by atoms with E-state index in [1.54, 1.807) is 6.20 Å². The van der Waals surface area contributed by atoms with Crippen LogP contribution in [0, 0.1) is 23.5 Å². The number of nitrogens with zero attached hydrogens (tertiary/aromatic N) is 3. The number of carboxylic acids is 1. The molecular weight excluding hydrogens is 356 g/mol. The second-order valence-corrected chi connectivity index (χ2v) is 6.87. The van der Waals surface area contributed by atoms with E-state index in [0.717, 1.165) is 18.8 Å². The molecule has 3 atom stereocenters. The quantitative estimate of drug-likeness (QED) is 0.613. The van der Waals surface area contributed by atoms with Gasteiger partial charge in [-0.15, -0.1) is 0 Å². The van der Waals surface area contributed by atoms with Crippen LogP contribution in [0.2, 0.25) is 0 Å². The van der Waals surface area contributed by atoms with Gasteiger partial charge in [0.25, 0.3) is 0 Å². The molecule has 1 aliphatic rings. The Balaban J connectivity index is 1.68. The van der Waals surface area contributed by atoms with Crippen LogP contribution in [0.5, 0.6) is 0 Å². The van der Waals surface area contributed by atoms with Crippen molar-refractivity contribution in [2.75, 3.05) is 5.32 Å². The Morgan fingerprint density at radius 2 is 2.19 bits per heavy atom. The zero-order valence-corrected chi connectivity index (χ0v) is 14.4. The SMILES string of the molecule is CC1C[C@@H]1[C@H](CC(=O)O)Nc1nc(-c2c[nH]c3ncc(F)cc23)ncc1F. The molecule has 0 saturated heterocycles. The lowest BCUT2D eigenvalue weighted by atomic mass is 10.1. The Morgan fingerprint density at radius 3 is 2.89 bits per heavy atom. The second kappa shape index (κ2) is 6.57. The highest BCUT2D eigenvalue weighted by atomic mass is 19.1. The number of aromatic nitrogens is 4. The number of halogens is 2. The van der Waals surface area contributed by atoms with Crippen molar-refractivity contribution in [1.82, 2.24) is 19.9 Å². The molecule has 4 rings (SSSR count). The van der Waals surface area contributed by atoms with Crippen molar-refractivity contribution in [1.29, 1.82) is 0 Å². The van der Waals surface area contributed by atoms with Crippen LogP contribution in [0.1, 0.15) is 19.8 Å². The molecule has 0 aliphatic heterocycles. The van der Waals surface area contributed by atoms with Crippen LogP contribution >= 0.6 is 0 Å². The Labute approximate surface area is 152 Å². The van der Waals surface area contributed by atoms with Gasteiger partial charge in [-0.3, -0.25) is 4.79 Å². The molecule has 3 aromatic rings. The van der Waals surface area contributed by atoms with Gasteiger partial charge in [0.2, 0.25) is 0 Å². The van der Waals surface area contributed by atoms with Crippen molar-refractivity contribution >= 4 is 22.8 Å². The highest BCUT2D eigenvalue weighted by Gasteiger charge is 2.40. The number of hydrogen-bond acceptors (Lipinski definition) is 5. The monoisotopic (exact) mass is 373 g/mol. The zero-order valence-electron chi connectivity index (χ0n) is 14.4. The maximum Gasteiger partial charge on any atom is 0.305 e. The predicted octanol–water partition coefficient (Wildman–Crippen LogP) is 3.21. The lowest BCUT2D eigenvalue weighted by Gasteiger charge is -2.18. The Bertz CT molecular complexity index is 1020. The average molecular weight is 373 g/mol. The van der Waals surface area contributed by atoms with Gasteiger partial charge in [-0.1, -0.05) is 6.92 Å². The van der Waals surface area contributed by atoms with Crippen LogP contribution in [0.25, 0.3) is 22.4 Å². The third-order valence-corrected chi connectivity index (χ3v) is 4.89. The maximum absolute atomic E-state index is 14.3. The number of carbonyl (C=O) groups is 1. The fourth-order valence-electron chi connectivity index (χ4n) is 3.35. The van der Waals surface area contributed by atoms with Crippen LogP contribution in [0.4, 0.5) is 14.6 Å². The summed E-state index contributed by atoms with van der Waals surface area (Å²) in [6.07, 6.45) is 4.44. The number of aliphatic carboxylic acids is 1. The molecule has 3 heterocycles. The number of anilines is 1. The zero-order chi connectivity index (χ0) is 19.1. The van der Waals surface area contributed by atoms with Crippen LogP contribution in [-0.2, 0) is 4.79 Å². The van der Waals surface area contributed by atoms with Gasteiger partial charge in [-0.05, 0) is 24.3 Å². The first-order valence-corrected chi connectivity index (χ1v) is 8.56. The summed E-state index contributed by atoms with van der Waals surface area (Å²) in [6.45, 7) is 2.02. The van der Waals surface area contributed by atoms with Gasteiger partial charge in [0.05, 0.1) is 18.8 Å². The number of rotatable bonds is 6. The van der Waals surface area contributed by atoms with Gasteiger partial charge in [-0.2, -0.15) is 0 Å². The molecule has 1 fully saturated rings. The number of aromatic amines is 1. The summed E-state index contributed by atoms with van der Waals surface area (Å²) in [5, 5.41) is 12.5. The smallest absolute Gasteiger partial charge is 0.305 e. The molecule has 0 amide bonds. The molecule has 3 aromatic heterocycles. The largest absolute Gasteiger partial charge is 0.481 e. The Hall–Kier alpha value is -3.10. The molecule has 1 aliphatic carbocycles. The minimum atomic E-state index is -0.959. The summed E-state index contributed by atoms with van der Waals surface area (Å²) < 4.78 is 27.8. The number of fused-ring (bicyclic) bond motifs is 1. The molecule has 140 valence electrons. The standard InChI is InChI=1S/C18H17F2N5O2/c1-8-2-10(8)14(4-15(26)27)24-18-13(20)7-23-17(25-18)12-6-22-16-11(12)3-9(19)5-21-16/h3,5-8,10,14H,2,4H2,1H3,(H,21,22)(H,26,27)(H,23,24,25)/t8?,10-,14-/m0/s1. The first-order valence-electron chi connectivity index (χ1n) is 8.56. The lowest BCUT2D eigenvalue weighted by Crippen LogP contribution is -2.27. The van der Waals surface area contributed by atoms with E-state index in [2.05, 4.69) is 25.3 Å². The Kier molecular flexibility index (Phi) is 4.21. The summed E-state index contributed by atoms with van der Waals surface area (Å²) in [5.41, 5.74) is 0.944. The predicted molar refractivity (Wildman–Crippen MR) is 94.0 cm³/mol. The van der Waals surface area contributed by atoms with Gasteiger partial charge in [0, 0.05) is 23.2 Å². The van der Waals surface area contributed by atoms with Gasteiger partial charge < -0.3 is 15.4 Å². The van der Waals surface area contributed by atoms with Crippen molar-refractivity contribution < 1.29 is 18.7 Å². The minimum Gasteiger partial charge on any atom is -0.481 e. The van der Waals surface area contributed by atoms with Crippen molar-refractivity contribution in [3.63, 3.8) is 0 Å². The van der Waals surface area contributed by atoms with Crippen LogP contribution < -0.4 is 5.32 Å². The lowest BCUT2D eigenvalue weighted by molar-refractivity contribution is -0.137. The van der Waals surface area contributed by atoms with E-state index >= 15 is 0 Å². The molecular formula is C18H17F2N5O2. The van der Waals surface area contributed by atoms with E-state index in [4.69, 9.17) is 5.11 Å². The molecule has 7 nitrogen and oxygen atoms in total. The molecule has 0 bridgehead atoms. The number of carboxylic acid groups (broad SMARTS) is 1. The molecule has 0 radical (unpaired) electrons. The molecule has 9 heteroatoms. The van der Waals surface area contributed by atoms with Gasteiger partial charge in [0.15, 0.2) is 17.5 Å². The van der Waals surface area contributed by atoms with E-state index in [-0.39, 0.29) is 24.0 Å². The van der Waals surface area contributed by atoms with Crippen molar-refractivity contribution in [3.05, 3.63) is 36.3 Å². The normalized spacial score (nSPS) is 19.8. The number of pyridine rings is 1. The molecule has 0 aromatic carbocycles. The first-order chi connectivity index (χ1) is 12.9. The fourth-order valence-corrected chi connectivity index (χ4v) is 3.35. The molecule has 27 heavy (non-hydrogen) atoms. The number of nitrogens with one attached hydrogen (secondary N) is 2. The number of H-pyrrole nitrogens is 1. The average Bonchev–Trinajstić information content (AvgIpc) is 3.20.